The molecule has 3 N–H and O–H groups in total. The zero-order chi connectivity index (χ0) is 12.3. The number of aliphatic hydroxyl groups is 3. The molecule has 16 heavy (non-hydrogen) atoms. The highest BCUT2D eigenvalue weighted by Gasteiger charge is 2.18. The van der Waals surface area contributed by atoms with E-state index >= 15 is 0 Å². The van der Waals surface area contributed by atoms with Crippen LogP contribution in [0, 0.1) is 0 Å². The Morgan fingerprint density at radius 3 is 2.50 bits per heavy atom. The number of halogens is 1. The first-order valence-electron chi connectivity index (χ1n) is 4.74. The monoisotopic (exact) mass is 244 g/mol. The average Bonchev–Trinajstić information content (AvgIpc) is 2.26. The van der Waals surface area contributed by atoms with E-state index in [0.717, 1.165) is 0 Å². The van der Waals surface area contributed by atoms with Gasteiger partial charge in [-0.15, -0.1) is 0 Å². The maximum atomic E-state index is 11.1. The Bertz CT molecular complexity index is 392. The molecule has 1 aromatic rings. The molecule has 0 saturated carbocycles. The van der Waals surface area contributed by atoms with Gasteiger partial charge in [-0.1, -0.05) is 17.7 Å². The predicted molar refractivity (Wildman–Crippen MR) is 59.5 cm³/mol. The van der Waals surface area contributed by atoms with Crippen LogP contribution in [0.5, 0.6) is 0 Å². The summed E-state index contributed by atoms with van der Waals surface area (Å²) in [6, 6.07) is 4.38. The Morgan fingerprint density at radius 1 is 1.44 bits per heavy atom. The van der Waals surface area contributed by atoms with Gasteiger partial charge in [-0.2, -0.15) is 0 Å². The number of carbonyl (C=O) groups is 1. The molecule has 1 rings (SSSR count). The predicted octanol–water partition coefficient (Wildman–Crippen LogP) is 0.929. The summed E-state index contributed by atoms with van der Waals surface area (Å²) in [7, 11) is 0. The van der Waals surface area contributed by atoms with E-state index in [1.54, 1.807) is 0 Å². The summed E-state index contributed by atoms with van der Waals surface area (Å²) < 4.78 is 0. The van der Waals surface area contributed by atoms with Gasteiger partial charge in [0.1, 0.15) is 12.2 Å². The third kappa shape index (κ3) is 2.80. The minimum atomic E-state index is -1.26. The third-order valence-electron chi connectivity index (χ3n) is 2.27. The van der Waals surface area contributed by atoms with Gasteiger partial charge in [0.15, 0.2) is 5.78 Å². The van der Waals surface area contributed by atoms with Crippen molar-refractivity contribution in [3.05, 3.63) is 34.3 Å². The highest BCUT2D eigenvalue weighted by atomic mass is 35.5. The lowest BCUT2D eigenvalue weighted by Crippen LogP contribution is -2.22. The van der Waals surface area contributed by atoms with Crippen molar-refractivity contribution in [1.29, 1.82) is 0 Å². The van der Waals surface area contributed by atoms with Crippen LogP contribution in [0.3, 0.4) is 0 Å². The molecule has 0 aliphatic heterocycles. The highest BCUT2D eigenvalue weighted by molar-refractivity contribution is 6.33. The summed E-state index contributed by atoms with van der Waals surface area (Å²) in [5, 5.41) is 27.7. The van der Waals surface area contributed by atoms with Crippen LogP contribution < -0.4 is 0 Å². The molecule has 0 spiro atoms. The Kier molecular flexibility index (Phi) is 4.44. The fourth-order valence-corrected chi connectivity index (χ4v) is 1.64. The lowest BCUT2D eigenvalue weighted by molar-refractivity contribution is -0.0152. The molecule has 2 unspecified atom stereocenters. The molecule has 0 aliphatic rings. The molecule has 88 valence electrons. The van der Waals surface area contributed by atoms with Gasteiger partial charge in [0.2, 0.25) is 0 Å². The minimum absolute atomic E-state index is 0.172. The molecule has 5 heteroatoms. The summed E-state index contributed by atoms with van der Waals surface area (Å²) in [6.45, 7) is 0.840. The molecular formula is C11H13ClO4. The van der Waals surface area contributed by atoms with Crippen molar-refractivity contribution in [3.8, 4) is 0 Å². The summed E-state index contributed by atoms with van der Waals surface area (Å²) in [4.78, 5) is 11.1. The fraction of sp³-hybridized carbons (Fsp3) is 0.364. The number of aliphatic hydroxyl groups excluding tert-OH is 3. The van der Waals surface area contributed by atoms with Gasteiger partial charge < -0.3 is 15.3 Å². The second kappa shape index (κ2) is 5.41. The largest absolute Gasteiger partial charge is 0.394 e. The minimum Gasteiger partial charge on any atom is -0.394 e. The van der Waals surface area contributed by atoms with Gasteiger partial charge in [-0.25, -0.2) is 0 Å². The Hall–Kier alpha value is -0.940. The molecule has 2 atom stereocenters. The maximum Gasteiger partial charge on any atom is 0.161 e. The number of Topliss-reactive ketones (excluding diaryl/α,β-unsaturated/α-hetero) is 1. The summed E-state index contributed by atoms with van der Waals surface area (Å²) in [5.74, 6) is -0.172. The molecule has 0 saturated heterocycles. The molecule has 0 aromatic heterocycles. The van der Waals surface area contributed by atoms with Gasteiger partial charge in [-0.05, 0) is 24.6 Å². The van der Waals surface area contributed by atoms with Gasteiger partial charge in [0.05, 0.1) is 11.6 Å². The van der Waals surface area contributed by atoms with Crippen LogP contribution in [0.25, 0.3) is 0 Å². The van der Waals surface area contributed by atoms with Crippen LogP contribution in [-0.2, 0) is 0 Å². The van der Waals surface area contributed by atoms with Gasteiger partial charge in [0, 0.05) is 5.56 Å². The molecule has 1 aromatic carbocycles. The first-order chi connectivity index (χ1) is 7.47. The number of ketones is 1. The topological polar surface area (TPSA) is 77.8 Å². The molecule has 0 amide bonds. The molecule has 0 bridgehead atoms. The number of hydrogen-bond donors (Lipinski definition) is 3. The Balaban J connectivity index is 3.01. The molecular weight excluding hydrogens is 232 g/mol. The summed E-state index contributed by atoms with van der Waals surface area (Å²) >= 11 is 5.84. The first kappa shape index (κ1) is 13.1. The van der Waals surface area contributed by atoms with Gasteiger partial charge >= 0.3 is 0 Å². The van der Waals surface area contributed by atoms with E-state index in [-0.39, 0.29) is 10.8 Å². The van der Waals surface area contributed by atoms with Crippen molar-refractivity contribution in [2.45, 2.75) is 19.1 Å². The number of carbonyl (C=O) groups excluding carboxylic acids is 1. The van der Waals surface area contributed by atoms with Crippen LogP contribution in [0.15, 0.2) is 18.2 Å². The highest BCUT2D eigenvalue weighted by Crippen LogP contribution is 2.24. The van der Waals surface area contributed by atoms with Gasteiger partial charge in [0.25, 0.3) is 0 Å². The van der Waals surface area contributed by atoms with Crippen LogP contribution in [0.2, 0.25) is 5.02 Å². The van der Waals surface area contributed by atoms with E-state index in [4.69, 9.17) is 16.7 Å². The Morgan fingerprint density at radius 2 is 2.06 bits per heavy atom. The zero-order valence-corrected chi connectivity index (χ0v) is 9.48. The molecule has 0 aliphatic carbocycles. The lowest BCUT2D eigenvalue weighted by atomic mass is 10.0. The summed E-state index contributed by atoms with van der Waals surface area (Å²) in [5.41, 5.74) is 0.715. The van der Waals surface area contributed by atoms with Crippen LogP contribution >= 0.6 is 11.6 Å². The van der Waals surface area contributed by atoms with Crippen molar-refractivity contribution in [2.75, 3.05) is 6.61 Å². The second-order valence-corrected chi connectivity index (χ2v) is 3.90. The number of hydrogen-bond acceptors (Lipinski definition) is 4. The fourth-order valence-electron chi connectivity index (χ4n) is 1.32. The second-order valence-electron chi connectivity index (χ2n) is 3.49. The van der Waals surface area contributed by atoms with Gasteiger partial charge in [-0.3, -0.25) is 4.79 Å². The smallest absolute Gasteiger partial charge is 0.161 e. The lowest BCUT2D eigenvalue weighted by Gasteiger charge is -2.16. The number of benzene rings is 1. The van der Waals surface area contributed by atoms with Crippen LogP contribution in [-0.4, -0.2) is 33.8 Å². The van der Waals surface area contributed by atoms with E-state index in [9.17, 15) is 15.0 Å². The van der Waals surface area contributed by atoms with Crippen molar-refractivity contribution in [3.63, 3.8) is 0 Å². The standard InChI is InChI=1S/C11H13ClO4/c1-6(14)8-3-2-7(4-9(8)12)11(16)10(15)5-13/h2-4,10-11,13,15-16H,5H2,1H3. The zero-order valence-electron chi connectivity index (χ0n) is 8.72. The first-order valence-corrected chi connectivity index (χ1v) is 5.12. The molecule has 0 fully saturated rings. The van der Waals surface area contributed by atoms with Crippen molar-refractivity contribution >= 4 is 17.4 Å². The van der Waals surface area contributed by atoms with E-state index in [2.05, 4.69) is 0 Å². The average molecular weight is 245 g/mol. The number of rotatable bonds is 4. The molecule has 0 heterocycles. The molecule has 0 radical (unpaired) electrons. The van der Waals surface area contributed by atoms with Crippen LogP contribution in [0.1, 0.15) is 28.9 Å². The third-order valence-corrected chi connectivity index (χ3v) is 2.58. The van der Waals surface area contributed by atoms with Crippen molar-refractivity contribution in [1.82, 2.24) is 0 Å². The normalized spacial score (nSPS) is 14.6. The Labute approximate surface area is 98.1 Å². The SMILES string of the molecule is CC(=O)c1ccc(C(O)C(O)CO)cc1Cl. The quantitative estimate of drug-likeness (QED) is 0.689. The van der Waals surface area contributed by atoms with E-state index in [0.29, 0.717) is 11.1 Å². The van der Waals surface area contributed by atoms with E-state index in [1.165, 1.54) is 25.1 Å². The van der Waals surface area contributed by atoms with Crippen molar-refractivity contribution in [2.24, 2.45) is 0 Å². The maximum absolute atomic E-state index is 11.1. The van der Waals surface area contributed by atoms with E-state index in [1.807, 2.05) is 0 Å². The summed E-state index contributed by atoms with van der Waals surface area (Å²) in [6.07, 6.45) is -2.48. The van der Waals surface area contributed by atoms with Crippen LogP contribution in [0.4, 0.5) is 0 Å². The van der Waals surface area contributed by atoms with E-state index < -0.39 is 18.8 Å². The molecule has 4 nitrogen and oxygen atoms in total. The van der Waals surface area contributed by atoms with Crippen molar-refractivity contribution < 1.29 is 20.1 Å².